The van der Waals surface area contributed by atoms with Crippen LogP contribution in [0.25, 0.3) is 0 Å². The molecule has 78 valence electrons. The molecule has 0 bridgehead atoms. The summed E-state index contributed by atoms with van der Waals surface area (Å²) in [5.74, 6) is 0. The van der Waals surface area contributed by atoms with Crippen molar-refractivity contribution in [2.24, 2.45) is 0 Å². The first-order valence-corrected chi connectivity index (χ1v) is 4.71. The molecule has 1 rings (SSSR count). The van der Waals surface area contributed by atoms with E-state index in [0.717, 1.165) is 0 Å². The van der Waals surface area contributed by atoms with Crippen molar-refractivity contribution >= 4 is 11.8 Å². The highest BCUT2D eigenvalue weighted by atomic mass is 35.5. The van der Waals surface area contributed by atoms with Gasteiger partial charge >= 0.3 is 0 Å². The summed E-state index contributed by atoms with van der Waals surface area (Å²) in [7, 11) is 1.62. The van der Waals surface area contributed by atoms with Crippen molar-refractivity contribution in [3.8, 4) is 0 Å². The summed E-state index contributed by atoms with van der Waals surface area (Å²) in [6.45, 7) is 1.88. The van der Waals surface area contributed by atoms with E-state index in [0.29, 0.717) is 32.8 Å². The third-order valence-corrected chi connectivity index (χ3v) is 2.45. The standard InChI is InChI=1S/C8H15ClFNO2/c1-12-2-3-13-6-8-4-7(10)5-11(8)9/h7-8H,2-6H2,1H3/t7-,8-/m0/s1. The third kappa shape index (κ3) is 3.77. The average Bonchev–Trinajstić information content (AvgIpc) is 2.39. The number of methoxy groups -OCH3 is 1. The predicted octanol–water partition coefficient (Wildman–Crippen LogP) is 1.22. The summed E-state index contributed by atoms with van der Waals surface area (Å²) in [4.78, 5) is 0. The van der Waals surface area contributed by atoms with Gasteiger partial charge in [0.1, 0.15) is 6.17 Å². The fourth-order valence-corrected chi connectivity index (χ4v) is 1.62. The van der Waals surface area contributed by atoms with Crippen LogP contribution in [0, 0.1) is 0 Å². The molecule has 1 aliphatic rings. The lowest BCUT2D eigenvalue weighted by Gasteiger charge is -2.15. The first-order valence-electron chi connectivity index (χ1n) is 4.37. The normalized spacial score (nSPS) is 29.8. The molecule has 5 heteroatoms. The zero-order chi connectivity index (χ0) is 9.68. The maximum absolute atomic E-state index is 12.8. The molecule has 0 aromatic rings. The molecule has 1 heterocycles. The molecule has 0 aliphatic carbocycles. The van der Waals surface area contributed by atoms with Gasteiger partial charge in [-0.25, -0.2) is 8.81 Å². The second kappa shape index (κ2) is 5.75. The quantitative estimate of drug-likeness (QED) is 0.504. The van der Waals surface area contributed by atoms with Gasteiger partial charge in [0.05, 0.1) is 25.9 Å². The molecule has 0 saturated carbocycles. The lowest BCUT2D eigenvalue weighted by molar-refractivity contribution is 0.0524. The van der Waals surface area contributed by atoms with E-state index >= 15 is 0 Å². The van der Waals surface area contributed by atoms with Crippen molar-refractivity contribution in [2.45, 2.75) is 18.6 Å². The Kier molecular flexibility index (Phi) is 4.94. The molecule has 0 amide bonds. The van der Waals surface area contributed by atoms with E-state index in [1.807, 2.05) is 0 Å². The Labute approximate surface area is 82.9 Å². The monoisotopic (exact) mass is 211 g/mol. The summed E-state index contributed by atoms with van der Waals surface area (Å²) in [6, 6.07) is 0.00789. The molecule has 2 atom stereocenters. The third-order valence-electron chi connectivity index (χ3n) is 2.04. The van der Waals surface area contributed by atoms with Crippen LogP contribution < -0.4 is 0 Å². The highest BCUT2D eigenvalue weighted by Gasteiger charge is 2.30. The largest absolute Gasteiger partial charge is 0.382 e. The Balaban J connectivity index is 2.07. The fourth-order valence-electron chi connectivity index (χ4n) is 1.33. The topological polar surface area (TPSA) is 21.7 Å². The number of halogens is 2. The minimum atomic E-state index is -0.812. The van der Waals surface area contributed by atoms with Crippen LogP contribution in [0.1, 0.15) is 6.42 Å². The first kappa shape index (κ1) is 11.2. The van der Waals surface area contributed by atoms with Gasteiger partial charge in [-0.3, -0.25) is 0 Å². The average molecular weight is 212 g/mol. The SMILES string of the molecule is COCCOC[C@@H]1C[C@H](F)CN1Cl. The molecule has 0 aromatic heterocycles. The van der Waals surface area contributed by atoms with E-state index in [9.17, 15) is 4.39 Å². The fraction of sp³-hybridized carbons (Fsp3) is 1.00. The summed E-state index contributed by atoms with van der Waals surface area (Å²) in [6.07, 6.45) is -0.343. The summed E-state index contributed by atoms with van der Waals surface area (Å²) < 4.78 is 24.3. The van der Waals surface area contributed by atoms with Crippen molar-refractivity contribution in [3.05, 3.63) is 0 Å². The van der Waals surface area contributed by atoms with Gasteiger partial charge in [0.25, 0.3) is 0 Å². The molecule has 1 aliphatic heterocycles. The second-order valence-corrected chi connectivity index (χ2v) is 3.57. The highest BCUT2D eigenvalue weighted by Crippen LogP contribution is 2.22. The van der Waals surface area contributed by atoms with Crippen molar-refractivity contribution in [2.75, 3.05) is 33.5 Å². The van der Waals surface area contributed by atoms with Gasteiger partial charge in [-0.05, 0) is 18.2 Å². The lowest BCUT2D eigenvalue weighted by Crippen LogP contribution is -2.25. The van der Waals surface area contributed by atoms with E-state index in [1.54, 1.807) is 7.11 Å². The minimum Gasteiger partial charge on any atom is -0.382 e. The summed E-state index contributed by atoms with van der Waals surface area (Å²) in [5.41, 5.74) is 0. The van der Waals surface area contributed by atoms with Gasteiger partial charge in [0.2, 0.25) is 0 Å². The smallest absolute Gasteiger partial charge is 0.116 e. The Hall–Kier alpha value is 0.1000. The molecule has 0 radical (unpaired) electrons. The van der Waals surface area contributed by atoms with Crippen LogP contribution in [-0.2, 0) is 9.47 Å². The molecule has 1 fully saturated rings. The zero-order valence-electron chi connectivity index (χ0n) is 7.71. The minimum absolute atomic E-state index is 0.00789. The van der Waals surface area contributed by atoms with Crippen LogP contribution in [0.5, 0.6) is 0 Å². The molecular formula is C8H15ClFNO2. The zero-order valence-corrected chi connectivity index (χ0v) is 8.47. The summed E-state index contributed by atoms with van der Waals surface area (Å²) in [5, 5.41) is 0. The van der Waals surface area contributed by atoms with Crippen LogP contribution >= 0.6 is 11.8 Å². The van der Waals surface area contributed by atoms with Crippen molar-refractivity contribution in [3.63, 3.8) is 0 Å². The Morgan fingerprint density at radius 1 is 1.54 bits per heavy atom. The molecular weight excluding hydrogens is 197 g/mol. The Morgan fingerprint density at radius 2 is 2.31 bits per heavy atom. The Morgan fingerprint density at radius 3 is 2.85 bits per heavy atom. The van der Waals surface area contributed by atoms with E-state index in [-0.39, 0.29) is 6.04 Å². The molecule has 1 saturated heterocycles. The maximum atomic E-state index is 12.8. The van der Waals surface area contributed by atoms with Gasteiger partial charge in [0.15, 0.2) is 0 Å². The highest BCUT2D eigenvalue weighted by molar-refractivity contribution is 6.13. The van der Waals surface area contributed by atoms with Crippen molar-refractivity contribution in [1.29, 1.82) is 0 Å². The van der Waals surface area contributed by atoms with Gasteiger partial charge in [-0.2, -0.15) is 0 Å². The lowest BCUT2D eigenvalue weighted by atomic mass is 10.2. The maximum Gasteiger partial charge on any atom is 0.116 e. The number of alkyl halides is 1. The van der Waals surface area contributed by atoms with E-state index in [2.05, 4.69) is 0 Å². The molecule has 0 spiro atoms. The number of hydrogen-bond acceptors (Lipinski definition) is 3. The second-order valence-electron chi connectivity index (χ2n) is 3.14. The van der Waals surface area contributed by atoms with Gasteiger partial charge in [0, 0.05) is 13.7 Å². The molecule has 0 N–H and O–H groups in total. The van der Waals surface area contributed by atoms with Crippen LogP contribution in [0.3, 0.4) is 0 Å². The van der Waals surface area contributed by atoms with Gasteiger partial charge in [-0.1, -0.05) is 0 Å². The molecule has 0 unspecified atom stereocenters. The van der Waals surface area contributed by atoms with Gasteiger partial charge < -0.3 is 9.47 Å². The van der Waals surface area contributed by atoms with E-state index < -0.39 is 6.17 Å². The number of ether oxygens (including phenoxy) is 2. The van der Waals surface area contributed by atoms with Crippen molar-refractivity contribution in [1.82, 2.24) is 4.42 Å². The molecule has 13 heavy (non-hydrogen) atoms. The van der Waals surface area contributed by atoms with Crippen LogP contribution in [0.4, 0.5) is 4.39 Å². The molecule has 3 nitrogen and oxygen atoms in total. The predicted molar refractivity (Wildman–Crippen MR) is 48.6 cm³/mol. The van der Waals surface area contributed by atoms with E-state index in [1.165, 1.54) is 4.42 Å². The van der Waals surface area contributed by atoms with Crippen LogP contribution in [0.15, 0.2) is 0 Å². The number of rotatable bonds is 5. The summed E-state index contributed by atoms with van der Waals surface area (Å²) >= 11 is 5.77. The van der Waals surface area contributed by atoms with Crippen LogP contribution in [-0.4, -0.2) is 50.1 Å². The molecule has 0 aromatic carbocycles. The number of nitrogens with zero attached hydrogens (tertiary/aromatic N) is 1. The van der Waals surface area contributed by atoms with Gasteiger partial charge in [-0.15, -0.1) is 0 Å². The number of hydrogen-bond donors (Lipinski definition) is 0. The van der Waals surface area contributed by atoms with Crippen molar-refractivity contribution < 1.29 is 13.9 Å². The first-order chi connectivity index (χ1) is 6.24. The Bertz CT molecular complexity index is 150. The van der Waals surface area contributed by atoms with E-state index in [4.69, 9.17) is 21.3 Å². The van der Waals surface area contributed by atoms with Crippen LogP contribution in [0.2, 0.25) is 0 Å².